The van der Waals surface area contributed by atoms with E-state index in [1.165, 1.54) is 7.11 Å². The van der Waals surface area contributed by atoms with Gasteiger partial charge in [-0.2, -0.15) is 0 Å². The van der Waals surface area contributed by atoms with Gasteiger partial charge in [-0.25, -0.2) is 4.79 Å². The van der Waals surface area contributed by atoms with Crippen molar-refractivity contribution in [1.29, 1.82) is 0 Å². The molecule has 0 spiro atoms. The molecule has 0 aliphatic heterocycles. The van der Waals surface area contributed by atoms with Gasteiger partial charge in [-0.1, -0.05) is 48.5 Å². The maximum Gasteiger partial charge on any atom is 0.410 e. The Morgan fingerprint density at radius 1 is 1.00 bits per heavy atom. The van der Waals surface area contributed by atoms with Gasteiger partial charge in [0.2, 0.25) is 0 Å². The largest absolute Gasteiger partial charge is 0.481 e. The van der Waals surface area contributed by atoms with Gasteiger partial charge in [-0.05, 0) is 35.1 Å². The zero-order chi connectivity index (χ0) is 17.8. The first-order valence-corrected chi connectivity index (χ1v) is 8.38. The standard InChI is InChI=1S/C20H21NO4/c1-25-20(24)21(13-7-6-12-18(22)23)19-16-10-4-2-8-14(16)15-9-3-5-11-17(15)19/h2-5,8-11,19H,6-7,12-13H2,1H3,(H,22,23). The van der Waals surface area contributed by atoms with E-state index < -0.39 is 12.1 Å². The van der Waals surface area contributed by atoms with Crippen LogP contribution in [0, 0.1) is 0 Å². The van der Waals surface area contributed by atoms with Crippen LogP contribution in [0.3, 0.4) is 0 Å². The zero-order valence-electron chi connectivity index (χ0n) is 14.1. The molecule has 25 heavy (non-hydrogen) atoms. The minimum atomic E-state index is -0.818. The van der Waals surface area contributed by atoms with Gasteiger partial charge < -0.3 is 9.84 Å². The van der Waals surface area contributed by atoms with Gasteiger partial charge in [0.05, 0.1) is 13.2 Å². The number of carboxylic acid groups (broad SMARTS) is 1. The molecule has 5 heteroatoms. The number of hydrogen-bond acceptors (Lipinski definition) is 3. The second kappa shape index (κ2) is 7.38. The Kier molecular flexibility index (Phi) is 5.03. The van der Waals surface area contributed by atoms with Crippen LogP contribution in [-0.4, -0.2) is 35.7 Å². The summed E-state index contributed by atoms with van der Waals surface area (Å²) in [6.45, 7) is 0.452. The van der Waals surface area contributed by atoms with Crippen molar-refractivity contribution in [2.24, 2.45) is 0 Å². The van der Waals surface area contributed by atoms with Gasteiger partial charge in [-0.3, -0.25) is 9.69 Å². The van der Waals surface area contributed by atoms with Crippen molar-refractivity contribution in [3.63, 3.8) is 0 Å². The number of carbonyl (C=O) groups excluding carboxylic acids is 1. The van der Waals surface area contributed by atoms with Crippen molar-refractivity contribution in [2.45, 2.75) is 25.3 Å². The molecule has 2 aromatic carbocycles. The molecule has 5 nitrogen and oxygen atoms in total. The van der Waals surface area contributed by atoms with E-state index in [-0.39, 0.29) is 12.5 Å². The first-order chi connectivity index (χ1) is 12.1. The SMILES string of the molecule is COC(=O)N(CCCCC(=O)O)C1c2ccccc2-c2ccccc21. The number of fused-ring (bicyclic) bond motifs is 3. The molecule has 0 heterocycles. The summed E-state index contributed by atoms with van der Waals surface area (Å²) in [4.78, 5) is 24.8. The fraction of sp³-hybridized carbons (Fsp3) is 0.300. The van der Waals surface area contributed by atoms with Gasteiger partial charge in [0, 0.05) is 13.0 Å². The lowest BCUT2D eigenvalue weighted by Crippen LogP contribution is -2.35. The number of nitrogens with zero attached hydrogens (tertiary/aromatic N) is 1. The molecule has 130 valence electrons. The highest BCUT2D eigenvalue weighted by Crippen LogP contribution is 2.46. The van der Waals surface area contributed by atoms with Crippen molar-refractivity contribution < 1.29 is 19.4 Å². The third-order valence-corrected chi connectivity index (χ3v) is 4.56. The number of benzene rings is 2. The molecule has 0 saturated heterocycles. The maximum absolute atomic E-state index is 12.4. The summed E-state index contributed by atoms with van der Waals surface area (Å²) in [6, 6.07) is 15.9. The average molecular weight is 339 g/mol. The molecule has 0 aromatic heterocycles. The number of carbonyl (C=O) groups is 2. The first kappa shape index (κ1) is 17.0. The minimum absolute atomic E-state index is 0.104. The summed E-state index contributed by atoms with van der Waals surface area (Å²) >= 11 is 0. The number of ether oxygens (including phenoxy) is 1. The topological polar surface area (TPSA) is 66.8 Å². The first-order valence-electron chi connectivity index (χ1n) is 8.38. The van der Waals surface area contributed by atoms with Crippen LogP contribution in [0.2, 0.25) is 0 Å². The highest BCUT2D eigenvalue weighted by atomic mass is 16.5. The number of carboxylic acids is 1. The van der Waals surface area contributed by atoms with Gasteiger partial charge >= 0.3 is 12.1 Å². The third kappa shape index (κ3) is 3.36. The van der Waals surface area contributed by atoms with E-state index in [1.807, 2.05) is 36.4 Å². The molecule has 0 atom stereocenters. The number of methoxy groups -OCH3 is 1. The quantitative estimate of drug-likeness (QED) is 0.805. The molecule has 0 bridgehead atoms. The van der Waals surface area contributed by atoms with E-state index in [0.717, 1.165) is 22.3 Å². The molecule has 0 radical (unpaired) electrons. The number of rotatable bonds is 6. The van der Waals surface area contributed by atoms with Crippen LogP contribution in [-0.2, 0) is 9.53 Å². The number of amides is 1. The molecule has 0 saturated carbocycles. The lowest BCUT2D eigenvalue weighted by Gasteiger charge is -2.29. The lowest BCUT2D eigenvalue weighted by molar-refractivity contribution is -0.137. The molecule has 3 rings (SSSR count). The Balaban J connectivity index is 1.92. The molecular weight excluding hydrogens is 318 g/mol. The minimum Gasteiger partial charge on any atom is -0.481 e. The zero-order valence-corrected chi connectivity index (χ0v) is 14.1. The van der Waals surface area contributed by atoms with Crippen LogP contribution < -0.4 is 0 Å². The highest BCUT2D eigenvalue weighted by molar-refractivity contribution is 5.81. The van der Waals surface area contributed by atoms with Crippen molar-refractivity contribution in [3.05, 3.63) is 59.7 Å². The molecule has 0 fully saturated rings. The second-order valence-corrected chi connectivity index (χ2v) is 6.09. The van der Waals surface area contributed by atoms with E-state index in [4.69, 9.17) is 9.84 Å². The Labute approximate surface area is 146 Å². The Morgan fingerprint density at radius 2 is 1.56 bits per heavy atom. The van der Waals surface area contributed by atoms with E-state index in [2.05, 4.69) is 12.1 Å². The number of aliphatic carboxylic acids is 1. The molecule has 1 aliphatic rings. The monoisotopic (exact) mass is 339 g/mol. The summed E-state index contributed by atoms with van der Waals surface area (Å²) in [5, 5.41) is 8.80. The van der Waals surface area contributed by atoms with Gasteiger partial charge in [0.15, 0.2) is 0 Å². The number of hydrogen-bond donors (Lipinski definition) is 1. The Morgan fingerprint density at radius 3 is 2.08 bits per heavy atom. The van der Waals surface area contributed by atoms with Crippen LogP contribution in [0.5, 0.6) is 0 Å². The molecule has 1 N–H and O–H groups in total. The predicted molar refractivity (Wildman–Crippen MR) is 94.3 cm³/mol. The molecule has 2 aromatic rings. The maximum atomic E-state index is 12.4. The smallest absolute Gasteiger partial charge is 0.410 e. The summed E-state index contributed by atoms with van der Waals surface area (Å²) in [6.07, 6.45) is 0.848. The van der Waals surface area contributed by atoms with E-state index in [9.17, 15) is 9.59 Å². The van der Waals surface area contributed by atoms with Crippen LogP contribution >= 0.6 is 0 Å². The van der Waals surface area contributed by atoms with Crippen LogP contribution in [0.15, 0.2) is 48.5 Å². The van der Waals surface area contributed by atoms with Crippen molar-refractivity contribution in [3.8, 4) is 11.1 Å². The van der Waals surface area contributed by atoms with Gasteiger partial charge in [-0.15, -0.1) is 0 Å². The van der Waals surface area contributed by atoms with Crippen LogP contribution in [0.4, 0.5) is 4.79 Å². The molecule has 0 unspecified atom stereocenters. The van der Waals surface area contributed by atoms with E-state index in [1.54, 1.807) is 4.90 Å². The van der Waals surface area contributed by atoms with Gasteiger partial charge in [0.25, 0.3) is 0 Å². The van der Waals surface area contributed by atoms with E-state index >= 15 is 0 Å². The Hall–Kier alpha value is -2.82. The summed E-state index contributed by atoms with van der Waals surface area (Å²) < 4.78 is 5.00. The average Bonchev–Trinajstić information content (AvgIpc) is 2.96. The van der Waals surface area contributed by atoms with Gasteiger partial charge in [0.1, 0.15) is 0 Å². The third-order valence-electron chi connectivity index (χ3n) is 4.56. The Bertz CT molecular complexity index is 741. The van der Waals surface area contributed by atoms with Crippen LogP contribution in [0.25, 0.3) is 11.1 Å². The lowest BCUT2D eigenvalue weighted by atomic mass is 10.0. The molecular formula is C20H21NO4. The fourth-order valence-electron chi connectivity index (χ4n) is 3.47. The summed E-state index contributed by atoms with van der Waals surface area (Å²) in [7, 11) is 1.37. The normalized spacial score (nSPS) is 12.4. The second-order valence-electron chi connectivity index (χ2n) is 6.09. The van der Waals surface area contributed by atoms with Crippen molar-refractivity contribution in [1.82, 2.24) is 4.90 Å². The fourth-order valence-corrected chi connectivity index (χ4v) is 3.47. The summed E-state index contributed by atoms with van der Waals surface area (Å²) in [5.41, 5.74) is 4.41. The molecule has 1 amide bonds. The summed E-state index contributed by atoms with van der Waals surface area (Å²) in [5.74, 6) is -0.818. The molecule has 1 aliphatic carbocycles. The highest BCUT2D eigenvalue weighted by Gasteiger charge is 2.35. The number of unbranched alkanes of at least 4 members (excludes halogenated alkanes) is 1. The predicted octanol–water partition coefficient (Wildman–Crippen LogP) is 4.08. The van der Waals surface area contributed by atoms with Crippen LogP contribution in [0.1, 0.15) is 36.4 Å². The van der Waals surface area contributed by atoms with E-state index in [0.29, 0.717) is 19.4 Å². The van der Waals surface area contributed by atoms with Crippen molar-refractivity contribution in [2.75, 3.05) is 13.7 Å². The van der Waals surface area contributed by atoms with Crippen molar-refractivity contribution >= 4 is 12.1 Å².